The Morgan fingerprint density at radius 3 is 1.81 bits per heavy atom. The van der Waals surface area contributed by atoms with Crippen LogP contribution in [0.4, 0.5) is 0 Å². The number of hydrogen-bond acceptors (Lipinski definition) is 2. The van der Waals surface area contributed by atoms with Gasteiger partial charge in [-0.05, 0) is 39.5 Å². The fourth-order valence-corrected chi connectivity index (χ4v) is 4.11. The summed E-state index contributed by atoms with van der Waals surface area (Å²) in [6.07, 6.45) is 1.71. The number of benzene rings is 3. The maximum Gasteiger partial charge on any atom is 0.290 e. The molecule has 3 aromatic carbocycles. The molecule has 134 valence electrons. The Bertz CT molecular complexity index is 1100. The molecule has 0 saturated carbocycles. The van der Waals surface area contributed by atoms with Gasteiger partial charge in [0.15, 0.2) is 0 Å². The fraction of sp³-hybridized carbons (Fsp3) is 0.0435. The van der Waals surface area contributed by atoms with Gasteiger partial charge in [-0.25, -0.2) is 0 Å². The van der Waals surface area contributed by atoms with E-state index in [1.54, 1.807) is 6.08 Å². The van der Waals surface area contributed by atoms with Crippen LogP contribution in [0.25, 0.3) is 17.2 Å². The first-order valence-electron chi connectivity index (χ1n) is 8.65. The van der Waals surface area contributed by atoms with E-state index in [1.807, 2.05) is 84.9 Å². The molecule has 0 bridgehead atoms. The van der Waals surface area contributed by atoms with Crippen LogP contribution in [-0.2, 0) is 10.1 Å². The minimum atomic E-state index is -4.27. The van der Waals surface area contributed by atoms with Crippen molar-refractivity contribution in [3.63, 3.8) is 0 Å². The first-order valence-corrected chi connectivity index (χ1v) is 10.1. The van der Waals surface area contributed by atoms with Crippen molar-refractivity contribution in [1.29, 1.82) is 0 Å². The zero-order valence-corrected chi connectivity index (χ0v) is 15.4. The molecule has 0 saturated heterocycles. The molecule has 27 heavy (non-hydrogen) atoms. The SMILES string of the molecule is O=S(=O)(O)C1=Cc2ccccc2C(=C(c2ccccc2)c2ccccc2)C1. The highest BCUT2D eigenvalue weighted by Gasteiger charge is 2.25. The zero-order valence-electron chi connectivity index (χ0n) is 14.5. The summed E-state index contributed by atoms with van der Waals surface area (Å²) >= 11 is 0. The largest absolute Gasteiger partial charge is 0.290 e. The summed E-state index contributed by atoms with van der Waals surface area (Å²) in [4.78, 5) is 0.0144. The van der Waals surface area contributed by atoms with E-state index in [-0.39, 0.29) is 11.3 Å². The predicted molar refractivity (Wildman–Crippen MR) is 109 cm³/mol. The Morgan fingerprint density at radius 2 is 1.26 bits per heavy atom. The Labute approximate surface area is 159 Å². The quantitative estimate of drug-likeness (QED) is 0.635. The molecular formula is C23H18O3S. The van der Waals surface area contributed by atoms with Crippen LogP contribution in [0.1, 0.15) is 28.7 Å². The van der Waals surface area contributed by atoms with Gasteiger partial charge in [0.1, 0.15) is 0 Å². The Kier molecular flexibility index (Phi) is 4.52. The van der Waals surface area contributed by atoms with Crippen LogP contribution in [0.15, 0.2) is 89.8 Å². The van der Waals surface area contributed by atoms with Crippen molar-refractivity contribution in [3.8, 4) is 0 Å². The van der Waals surface area contributed by atoms with Crippen molar-refractivity contribution in [2.24, 2.45) is 0 Å². The summed E-state index contributed by atoms with van der Waals surface area (Å²) in [6.45, 7) is 0. The van der Waals surface area contributed by atoms with Gasteiger partial charge in [-0.2, -0.15) is 8.42 Å². The monoisotopic (exact) mass is 374 g/mol. The van der Waals surface area contributed by atoms with Crippen LogP contribution in [0.2, 0.25) is 0 Å². The van der Waals surface area contributed by atoms with E-state index in [0.717, 1.165) is 33.4 Å². The predicted octanol–water partition coefficient (Wildman–Crippen LogP) is 5.28. The summed E-state index contributed by atoms with van der Waals surface area (Å²) in [6, 6.07) is 27.5. The van der Waals surface area contributed by atoms with E-state index in [9.17, 15) is 13.0 Å². The third-order valence-corrected chi connectivity index (χ3v) is 5.64. The average Bonchev–Trinajstić information content (AvgIpc) is 2.69. The summed E-state index contributed by atoms with van der Waals surface area (Å²) in [5, 5.41) is 0. The Morgan fingerprint density at radius 1 is 0.741 bits per heavy atom. The first kappa shape index (κ1) is 17.5. The number of rotatable bonds is 3. The minimum absolute atomic E-state index is 0.0144. The standard InChI is InChI=1S/C23H18O3S/c24-27(25,26)20-15-19-13-7-8-14-21(19)22(16-20)23(17-9-3-1-4-10-17)18-11-5-2-6-12-18/h1-15H,16H2,(H,24,25,26). The number of allylic oxidation sites excluding steroid dienone is 2. The summed E-state index contributed by atoms with van der Waals surface area (Å²) in [5.41, 5.74) is 5.63. The number of fused-ring (bicyclic) bond motifs is 1. The van der Waals surface area contributed by atoms with Crippen molar-refractivity contribution in [3.05, 3.63) is 112 Å². The highest BCUT2D eigenvalue weighted by Crippen LogP contribution is 2.41. The maximum atomic E-state index is 11.9. The zero-order chi connectivity index (χ0) is 18.9. The van der Waals surface area contributed by atoms with Crippen molar-refractivity contribution < 1.29 is 13.0 Å². The normalized spacial score (nSPS) is 13.7. The smallest absolute Gasteiger partial charge is 0.282 e. The second-order valence-corrected chi connectivity index (χ2v) is 7.91. The summed E-state index contributed by atoms with van der Waals surface area (Å²) in [5.74, 6) is 0. The summed E-state index contributed by atoms with van der Waals surface area (Å²) < 4.78 is 33.5. The lowest BCUT2D eigenvalue weighted by molar-refractivity contribution is 0.490. The van der Waals surface area contributed by atoms with Crippen LogP contribution < -0.4 is 0 Å². The van der Waals surface area contributed by atoms with E-state index in [0.29, 0.717) is 0 Å². The van der Waals surface area contributed by atoms with E-state index in [1.165, 1.54) is 0 Å². The Balaban J connectivity index is 2.06. The molecule has 0 amide bonds. The van der Waals surface area contributed by atoms with Gasteiger partial charge in [-0.1, -0.05) is 84.9 Å². The van der Waals surface area contributed by atoms with Gasteiger partial charge >= 0.3 is 0 Å². The van der Waals surface area contributed by atoms with Gasteiger partial charge < -0.3 is 0 Å². The molecule has 0 radical (unpaired) electrons. The minimum Gasteiger partial charge on any atom is -0.282 e. The van der Waals surface area contributed by atoms with Gasteiger partial charge in [-0.15, -0.1) is 0 Å². The molecule has 0 unspecified atom stereocenters. The van der Waals surface area contributed by atoms with Crippen molar-refractivity contribution in [2.45, 2.75) is 6.42 Å². The van der Waals surface area contributed by atoms with E-state index in [4.69, 9.17) is 0 Å². The molecular weight excluding hydrogens is 356 g/mol. The van der Waals surface area contributed by atoms with Crippen LogP contribution in [0, 0.1) is 0 Å². The molecule has 3 nitrogen and oxygen atoms in total. The molecule has 0 fully saturated rings. The van der Waals surface area contributed by atoms with E-state index in [2.05, 4.69) is 0 Å². The molecule has 4 rings (SSSR count). The van der Waals surface area contributed by atoms with Crippen LogP contribution in [0.5, 0.6) is 0 Å². The van der Waals surface area contributed by atoms with Gasteiger partial charge in [0, 0.05) is 6.42 Å². The van der Waals surface area contributed by atoms with Crippen molar-refractivity contribution in [2.75, 3.05) is 0 Å². The van der Waals surface area contributed by atoms with Crippen molar-refractivity contribution in [1.82, 2.24) is 0 Å². The highest BCUT2D eigenvalue weighted by molar-refractivity contribution is 7.90. The van der Waals surface area contributed by atoms with Crippen LogP contribution in [-0.4, -0.2) is 13.0 Å². The van der Waals surface area contributed by atoms with Crippen molar-refractivity contribution >= 4 is 27.3 Å². The molecule has 3 aromatic rings. The summed E-state index contributed by atoms with van der Waals surface area (Å²) in [7, 11) is -4.27. The molecule has 0 atom stereocenters. The fourth-order valence-electron chi connectivity index (χ4n) is 3.51. The molecule has 1 N–H and O–H groups in total. The van der Waals surface area contributed by atoms with E-state index < -0.39 is 10.1 Å². The second-order valence-electron chi connectivity index (χ2n) is 6.44. The number of hydrogen-bond donors (Lipinski definition) is 1. The maximum absolute atomic E-state index is 11.9. The molecule has 0 spiro atoms. The van der Waals surface area contributed by atoms with Gasteiger partial charge in [0.05, 0.1) is 4.91 Å². The average molecular weight is 374 g/mol. The van der Waals surface area contributed by atoms with E-state index >= 15 is 0 Å². The lowest BCUT2D eigenvalue weighted by atomic mass is 9.83. The molecule has 0 heterocycles. The van der Waals surface area contributed by atoms with Gasteiger partial charge in [0.2, 0.25) is 0 Å². The Hall–Kier alpha value is -2.95. The third kappa shape index (κ3) is 3.50. The second kappa shape index (κ2) is 6.99. The molecule has 0 aromatic heterocycles. The molecule has 4 heteroatoms. The molecule has 1 aliphatic carbocycles. The molecule has 0 aliphatic heterocycles. The highest BCUT2D eigenvalue weighted by atomic mass is 32.2. The third-order valence-electron chi connectivity index (χ3n) is 4.71. The van der Waals surface area contributed by atoms with Crippen LogP contribution in [0.3, 0.4) is 0 Å². The topological polar surface area (TPSA) is 54.4 Å². The van der Waals surface area contributed by atoms with Gasteiger partial charge in [0.25, 0.3) is 10.1 Å². The van der Waals surface area contributed by atoms with Gasteiger partial charge in [-0.3, -0.25) is 4.55 Å². The lowest BCUT2D eigenvalue weighted by Gasteiger charge is -2.23. The molecule has 1 aliphatic rings. The first-order chi connectivity index (χ1) is 13.0. The lowest BCUT2D eigenvalue weighted by Crippen LogP contribution is -2.09. The van der Waals surface area contributed by atoms with Crippen LogP contribution >= 0.6 is 0 Å².